The molecule has 1 heterocycles. The first kappa shape index (κ1) is 16.1. The Bertz CT molecular complexity index is 704. The van der Waals surface area contributed by atoms with Crippen LogP contribution in [0.4, 0.5) is 23.2 Å². The molecule has 0 bridgehead atoms. The number of hydrogen-bond donors (Lipinski definition) is 1. The lowest BCUT2D eigenvalue weighted by Gasteiger charge is -2.12. The summed E-state index contributed by atoms with van der Waals surface area (Å²) in [6.45, 7) is 1.74. The molecule has 0 fully saturated rings. The normalized spacial score (nSPS) is 11.5. The molecular weight excluding hydrogens is 300 g/mol. The summed E-state index contributed by atoms with van der Waals surface area (Å²) in [5, 5.41) is 2.36. The molecule has 0 saturated heterocycles. The predicted octanol–water partition coefficient (Wildman–Crippen LogP) is 4.06. The average Bonchev–Trinajstić information content (AvgIpc) is 2.68. The summed E-state index contributed by atoms with van der Waals surface area (Å²) >= 11 is 0. The summed E-state index contributed by atoms with van der Waals surface area (Å²) in [5.74, 6) is -1.26. The number of carbonyl (C=O) groups is 1. The van der Waals surface area contributed by atoms with Gasteiger partial charge in [0.1, 0.15) is 12.4 Å². The second-order valence-electron chi connectivity index (χ2n) is 4.92. The molecule has 1 amide bonds. The number of amides is 1. The highest BCUT2D eigenvalue weighted by atomic mass is 19.4. The molecule has 0 radical (unpaired) electrons. The topological polar surface area (TPSA) is 34.0 Å². The lowest BCUT2D eigenvalue weighted by atomic mass is 10.2. The van der Waals surface area contributed by atoms with Crippen LogP contribution in [-0.4, -0.2) is 16.7 Å². The molecular formula is C15H14F4N2O. The molecule has 118 valence electrons. The molecule has 1 aromatic heterocycles. The van der Waals surface area contributed by atoms with Crippen LogP contribution < -0.4 is 5.32 Å². The lowest BCUT2D eigenvalue weighted by Crippen LogP contribution is -2.20. The molecule has 0 saturated carbocycles. The Morgan fingerprint density at radius 2 is 1.86 bits per heavy atom. The van der Waals surface area contributed by atoms with Crippen molar-refractivity contribution in [1.82, 2.24) is 4.57 Å². The summed E-state index contributed by atoms with van der Waals surface area (Å²) in [7, 11) is 0. The summed E-state index contributed by atoms with van der Waals surface area (Å²) in [6, 6.07) is 6.94. The van der Waals surface area contributed by atoms with Gasteiger partial charge in [0.25, 0.3) is 5.91 Å². The zero-order chi connectivity index (χ0) is 16.5. The monoisotopic (exact) mass is 314 g/mol. The van der Waals surface area contributed by atoms with Crippen molar-refractivity contribution in [3.63, 3.8) is 0 Å². The summed E-state index contributed by atoms with van der Waals surface area (Å²) in [5.41, 5.74) is 0.565. The Balaban J connectivity index is 2.28. The molecule has 0 unspecified atom stereocenters. The van der Waals surface area contributed by atoms with Gasteiger partial charge in [0.15, 0.2) is 0 Å². The molecule has 0 aliphatic carbocycles. The number of para-hydroxylation sites is 1. The number of aromatic nitrogens is 1. The van der Waals surface area contributed by atoms with Gasteiger partial charge in [-0.1, -0.05) is 12.1 Å². The first-order chi connectivity index (χ1) is 10.2. The van der Waals surface area contributed by atoms with Gasteiger partial charge in [-0.15, -0.1) is 0 Å². The van der Waals surface area contributed by atoms with Gasteiger partial charge in [-0.05, 0) is 32.0 Å². The van der Waals surface area contributed by atoms with Crippen LogP contribution in [0.2, 0.25) is 0 Å². The van der Waals surface area contributed by atoms with Gasteiger partial charge in [-0.2, -0.15) is 13.2 Å². The third-order valence-corrected chi connectivity index (χ3v) is 3.28. The maximum atomic E-state index is 13.5. The van der Waals surface area contributed by atoms with Crippen LogP contribution in [0.3, 0.4) is 0 Å². The van der Waals surface area contributed by atoms with Crippen molar-refractivity contribution in [3.8, 4) is 0 Å². The maximum Gasteiger partial charge on any atom is 0.406 e. The molecule has 7 heteroatoms. The molecule has 0 aliphatic rings. The smallest absolute Gasteiger partial charge is 0.339 e. The molecule has 0 aliphatic heterocycles. The molecule has 22 heavy (non-hydrogen) atoms. The number of alkyl halides is 3. The van der Waals surface area contributed by atoms with E-state index in [4.69, 9.17) is 0 Å². The second-order valence-corrected chi connectivity index (χ2v) is 4.92. The first-order valence-electron chi connectivity index (χ1n) is 6.48. The van der Waals surface area contributed by atoms with Gasteiger partial charge in [0.05, 0.1) is 11.3 Å². The van der Waals surface area contributed by atoms with Crippen molar-refractivity contribution in [2.24, 2.45) is 0 Å². The van der Waals surface area contributed by atoms with E-state index in [1.807, 2.05) is 0 Å². The van der Waals surface area contributed by atoms with Crippen LogP contribution >= 0.6 is 0 Å². The van der Waals surface area contributed by atoms with Gasteiger partial charge in [0.2, 0.25) is 0 Å². The van der Waals surface area contributed by atoms with E-state index in [2.05, 4.69) is 5.32 Å². The Kier molecular flexibility index (Phi) is 4.25. The third-order valence-electron chi connectivity index (χ3n) is 3.28. The summed E-state index contributed by atoms with van der Waals surface area (Å²) < 4.78 is 52.1. The van der Waals surface area contributed by atoms with E-state index in [0.717, 1.165) is 4.57 Å². The van der Waals surface area contributed by atoms with E-state index in [0.29, 0.717) is 5.69 Å². The zero-order valence-corrected chi connectivity index (χ0v) is 12.0. The number of hydrogen-bond acceptors (Lipinski definition) is 1. The number of nitrogens with zero attached hydrogens (tertiary/aromatic N) is 1. The van der Waals surface area contributed by atoms with E-state index in [1.54, 1.807) is 6.07 Å². The fraction of sp³-hybridized carbons (Fsp3) is 0.267. The Hall–Kier alpha value is -2.31. The van der Waals surface area contributed by atoms with Gasteiger partial charge >= 0.3 is 6.18 Å². The highest BCUT2D eigenvalue weighted by Gasteiger charge is 2.30. The van der Waals surface area contributed by atoms with Crippen molar-refractivity contribution >= 4 is 11.6 Å². The lowest BCUT2D eigenvalue weighted by molar-refractivity contribution is -0.141. The van der Waals surface area contributed by atoms with Crippen LogP contribution in [0.25, 0.3) is 0 Å². The number of anilines is 1. The van der Waals surface area contributed by atoms with E-state index >= 15 is 0 Å². The Morgan fingerprint density at radius 3 is 2.45 bits per heavy atom. The second kappa shape index (κ2) is 5.82. The van der Waals surface area contributed by atoms with Crippen LogP contribution in [0.15, 0.2) is 30.3 Å². The van der Waals surface area contributed by atoms with Gasteiger partial charge in [0, 0.05) is 11.4 Å². The summed E-state index contributed by atoms with van der Waals surface area (Å²) in [4.78, 5) is 12.1. The summed E-state index contributed by atoms with van der Waals surface area (Å²) in [6.07, 6.45) is -4.38. The number of carbonyl (C=O) groups excluding carboxylic acids is 1. The zero-order valence-electron chi connectivity index (χ0n) is 12.0. The highest BCUT2D eigenvalue weighted by molar-refractivity contribution is 6.05. The van der Waals surface area contributed by atoms with Crippen molar-refractivity contribution in [2.45, 2.75) is 26.6 Å². The number of nitrogens with one attached hydrogen (secondary N) is 1. The van der Waals surface area contributed by atoms with Crippen molar-refractivity contribution in [1.29, 1.82) is 0 Å². The van der Waals surface area contributed by atoms with Crippen molar-refractivity contribution < 1.29 is 22.4 Å². The molecule has 0 atom stereocenters. The van der Waals surface area contributed by atoms with Gasteiger partial charge in [-0.25, -0.2) is 4.39 Å². The fourth-order valence-electron chi connectivity index (χ4n) is 2.21. The van der Waals surface area contributed by atoms with Crippen LogP contribution in [0.1, 0.15) is 21.7 Å². The highest BCUT2D eigenvalue weighted by Crippen LogP contribution is 2.24. The quantitative estimate of drug-likeness (QED) is 0.852. The van der Waals surface area contributed by atoms with E-state index < -0.39 is 24.4 Å². The maximum absolute atomic E-state index is 13.5. The van der Waals surface area contributed by atoms with E-state index in [9.17, 15) is 22.4 Å². The molecule has 2 aromatic rings. The van der Waals surface area contributed by atoms with Gasteiger partial charge in [-0.3, -0.25) is 4.79 Å². The number of aryl methyl sites for hydroxylation is 1. The van der Waals surface area contributed by atoms with E-state index in [1.165, 1.54) is 38.1 Å². The molecule has 0 spiro atoms. The molecule has 3 nitrogen and oxygen atoms in total. The largest absolute Gasteiger partial charge is 0.406 e. The molecule has 1 N–H and O–H groups in total. The van der Waals surface area contributed by atoms with Crippen LogP contribution in [-0.2, 0) is 6.54 Å². The molecule has 2 rings (SSSR count). The minimum absolute atomic E-state index is 0.0203. The predicted molar refractivity (Wildman–Crippen MR) is 74.3 cm³/mol. The number of benzene rings is 1. The van der Waals surface area contributed by atoms with Gasteiger partial charge < -0.3 is 9.88 Å². The fourth-order valence-corrected chi connectivity index (χ4v) is 2.21. The third kappa shape index (κ3) is 3.47. The van der Waals surface area contributed by atoms with Crippen molar-refractivity contribution in [2.75, 3.05) is 5.32 Å². The SMILES string of the molecule is Cc1cc(C(=O)Nc2ccccc2F)c(C)n1CC(F)(F)F. The number of rotatable bonds is 3. The number of halogens is 4. The Labute approximate surface area is 124 Å². The van der Waals surface area contributed by atoms with Crippen LogP contribution in [0.5, 0.6) is 0 Å². The van der Waals surface area contributed by atoms with Crippen molar-refractivity contribution in [3.05, 3.63) is 53.1 Å². The first-order valence-corrected chi connectivity index (χ1v) is 6.48. The average molecular weight is 314 g/mol. The van der Waals surface area contributed by atoms with E-state index in [-0.39, 0.29) is 16.9 Å². The van der Waals surface area contributed by atoms with Crippen LogP contribution in [0, 0.1) is 19.7 Å². The minimum atomic E-state index is -4.38. The minimum Gasteiger partial charge on any atom is -0.339 e. The standard InChI is InChI=1S/C15H14F4N2O/c1-9-7-11(10(2)21(9)8-15(17,18)19)14(22)20-13-6-4-3-5-12(13)16/h3-7H,8H2,1-2H3,(H,20,22). The molecule has 1 aromatic carbocycles. The Morgan fingerprint density at radius 1 is 1.23 bits per heavy atom.